The van der Waals surface area contributed by atoms with Crippen molar-refractivity contribution in [1.82, 2.24) is 19.2 Å². The molecule has 0 spiro atoms. The lowest BCUT2D eigenvalue weighted by atomic mass is 10.2. The molecule has 4 rings (SSSR count). The van der Waals surface area contributed by atoms with Gasteiger partial charge in [-0.05, 0) is 49.1 Å². The van der Waals surface area contributed by atoms with Crippen molar-refractivity contribution in [3.8, 4) is 17.1 Å². The number of hydrogen-bond donors (Lipinski definition) is 0. The van der Waals surface area contributed by atoms with Gasteiger partial charge < -0.3 is 0 Å². The van der Waals surface area contributed by atoms with E-state index in [0.29, 0.717) is 33.5 Å². The molecule has 4 nitrogen and oxygen atoms in total. The smallest absolute Gasteiger partial charge is 0.204 e. The predicted molar refractivity (Wildman–Crippen MR) is 121 cm³/mol. The maximum absolute atomic E-state index is 14.7. The Balaban J connectivity index is 1.78. The van der Waals surface area contributed by atoms with Crippen molar-refractivity contribution in [2.45, 2.75) is 13.2 Å². The molecule has 152 valence electrons. The van der Waals surface area contributed by atoms with Crippen LogP contribution in [-0.4, -0.2) is 26.3 Å². The zero-order chi connectivity index (χ0) is 21.1. The number of nitrogens with zero attached hydrogens (tertiary/aromatic N) is 4. The molecule has 30 heavy (non-hydrogen) atoms. The topological polar surface area (TPSA) is 26.0 Å². The van der Waals surface area contributed by atoms with Gasteiger partial charge in [-0.25, -0.2) is 9.07 Å². The first-order valence-corrected chi connectivity index (χ1v) is 10.3. The van der Waals surface area contributed by atoms with E-state index < -0.39 is 0 Å². The van der Waals surface area contributed by atoms with Gasteiger partial charge in [0.05, 0.1) is 17.4 Å². The highest BCUT2D eigenvalue weighted by Gasteiger charge is 2.19. The molecule has 0 atom stereocenters. The van der Waals surface area contributed by atoms with E-state index in [-0.39, 0.29) is 5.82 Å². The van der Waals surface area contributed by atoms with Crippen LogP contribution in [0.1, 0.15) is 5.56 Å². The summed E-state index contributed by atoms with van der Waals surface area (Å²) in [6.45, 7) is 1.18. The molecule has 0 bridgehead atoms. The number of halogens is 2. The Hall–Kier alpha value is -2.80. The highest BCUT2D eigenvalue weighted by molar-refractivity contribution is 7.71. The van der Waals surface area contributed by atoms with Crippen LogP contribution < -0.4 is 0 Å². The van der Waals surface area contributed by atoms with Crippen molar-refractivity contribution in [3.63, 3.8) is 0 Å². The SMILES string of the molecule is CN(Cc1ccccc1)Cn1nc(-c2ccccc2Cl)n(-c2ccccc2F)c1=S. The van der Waals surface area contributed by atoms with Crippen molar-refractivity contribution in [1.29, 1.82) is 0 Å². The number of para-hydroxylation sites is 1. The number of rotatable bonds is 6. The molecular weight excluding hydrogens is 419 g/mol. The number of hydrogen-bond acceptors (Lipinski definition) is 3. The summed E-state index contributed by atoms with van der Waals surface area (Å²) in [7, 11) is 1.99. The third-order valence-electron chi connectivity index (χ3n) is 4.72. The fourth-order valence-electron chi connectivity index (χ4n) is 3.34. The Labute approximate surface area is 184 Å². The van der Waals surface area contributed by atoms with E-state index in [1.165, 1.54) is 11.6 Å². The van der Waals surface area contributed by atoms with Crippen LogP contribution in [0.5, 0.6) is 0 Å². The second-order valence-electron chi connectivity index (χ2n) is 7.01. The van der Waals surface area contributed by atoms with Gasteiger partial charge in [0.25, 0.3) is 0 Å². The molecule has 0 unspecified atom stereocenters. The molecule has 0 radical (unpaired) electrons. The van der Waals surface area contributed by atoms with Crippen LogP contribution in [0.2, 0.25) is 5.02 Å². The van der Waals surface area contributed by atoms with E-state index >= 15 is 0 Å². The molecule has 0 saturated carbocycles. The molecule has 0 fully saturated rings. The van der Waals surface area contributed by atoms with Gasteiger partial charge in [-0.1, -0.05) is 66.2 Å². The van der Waals surface area contributed by atoms with E-state index in [1.54, 1.807) is 33.5 Å². The molecule has 0 amide bonds. The highest BCUT2D eigenvalue weighted by atomic mass is 35.5. The fourth-order valence-corrected chi connectivity index (χ4v) is 3.84. The van der Waals surface area contributed by atoms with Gasteiger partial charge in [-0.2, -0.15) is 0 Å². The van der Waals surface area contributed by atoms with Crippen LogP contribution >= 0.6 is 23.8 Å². The maximum atomic E-state index is 14.7. The zero-order valence-corrected chi connectivity index (χ0v) is 17.9. The third kappa shape index (κ3) is 4.21. The second kappa shape index (κ2) is 8.92. The average molecular weight is 439 g/mol. The van der Waals surface area contributed by atoms with Crippen molar-refractivity contribution in [2.75, 3.05) is 7.05 Å². The van der Waals surface area contributed by atoms with Gasteiger partial charge in [-0.3, -0.25) is 9.47 Å². The van der Waals surface area contributed by atoms with Crippen LogP contribution in [-0.2, 0) is 13.2 Å². The number of aromatic nitrogens is 3. The molecule has 1 heterocycles. The van der Waals surface area contributed by atoms with Gasteiger partial charge in [0.15, 0.2) is 5.82 Å². The van der Waals surface area contributed by atoms with Crippen molar-refractivity contribution >= 4 is 23.8 Å². The van der Waals surface area contributed by atoms with Crippen LogP contribution in [0.15, 0.2) is 78.9 Å². The summed E-state index contributed by atoms with van der Waals surface area (Å²) in [5.74, 6) is 0.128. The van der Waals surface area contributed by atoms with E-state index in [1.807, 2.05) is 43.4 Å². The molecule has 1 aromatic heterocycles. The van der Waals surface area contributed by atoms with Crippen LogP contribution in [0.25, 0.3) is 17.1 Å². The minimum absolute atomic E-state index is 0.342. The van der Waals surface area contributed by atoms with E-state index in [2.05, 4.69) is 17.0 Å². The van der Waals surface area contributed by atoms with E-state index in [4.69, 9.17) is 28.9 Å². The quantitative estimate of drug-likeness (QED) is 0.348. The number of benzene rings is 3. The van der Waals surface area contributed by atoms with Crippen molar-refractivity contribution in [2.24, 2.45) is 0 Å². The van der Waals surface area contributed by atoms with Gasteiger partial charge in [0, 0.05) is 12.1 Å². The Morgan fingerprint density at radius 1 is 0.967 bits per heavy atom. The fraction of sp³-hybridized carbons (Fsp3) is 0.130. The first kappa shape index (κ1) is 20.5. The standard InChI is InChI=1S/C23H20ClFN4S/c1-27(15-17-9-3-2-4-10-17)16-28-23(30)29(21-14-8-7-13-20(21)25)22(26-28)18-11-5-6-12-19(18)24/h2-14H,15-16H2,1H3. The Kier molecular flexibility index (Phi) is 6.08. The third-order valence-corrected chi connectivity index (χ3v) is 5.44. The molecule has 3 aromatic carbocycles. The first-order chi connectivity index (χ1) is 14.5. The monoisotopic (exact) mass is 438 g/mol. The van der Waals surface area contributed by atoms with Gasteiger partial charge in [0.1, 0.15) is 5.82 Å². The van der Waals surface area contributed by atoms with Gasteiger partial charge in [-0.15, -0.1) is 5.10 Å². The summed E-state index contributed by atoms with van der Waals surface area (Å²) in [5, 5.41) is 5.25. The summed E-state index contributed by atoms with van der Waals surface area (Å²) >= 11 is 12.1. The summed E-state index contributed by atoms with van der Waals surface area (Å²) in [4.78, 5) is 2.10. The molecule has 0 N–H and O–H groups in total. The Morgan fingerprint density at radius 2 is 1.63 bits per heavy atom. The lowest BCUT2D eigenvalue weighted by Crippen LogP contribution is -2.22. The molecular formula is C23H20ClFN4S. The van der Waals surface area contributed by atoms with Crippen LogP contribution in [0.4, 0.5) is 4.39 Å². The lowest BCUT2D eigenvalue weighted by molar-refractivity contribution is 0.244. The molecule has 4 aromatic rings. The molecule has 0 aliphatic carbocycles. The van der Waals surface area contributed by atoms with E-state index in [9.17, 15) is 4.39 Å². The lowest BCUT2D eigenvalue weighted by Gasteiger charge is -2.16. The second-order valence-corrected chi connectivity index (χ2v) is 7.79. The summed E-state index contributed by atoms with van der Waals surface area (Å²) in [6, 6.07) is 24.0. The minimum Gasteiger partial charge on any atom is -0.283 e. The Morgan fingerprint density at radius 3 is 2.37 bits per heavy atom. The minimum atomic E-state index is -0.376. The predicted octanol–water partition coefficient (Wildman–Crippen LogP) is 5.95. The van der Waals surface area contributed by atoms with Gasteiger partial charge in [0.2, 0.25) is 4.77 Å². The first-order valence-electron chi connectivity index (χ1n) is 9.46. The Bertz CT molecular complexity index is 1220. The largest absolute Gasteiger partial charge is 0.283 e. The normalized spacial score (nSPS) is 11.2. The maximum Gasteiger partial charge on any atom is 0.204 e. The summed E-state index contributed by atoms with van der Waals surface area (Å²) in [6.07, 6.45) is 0. The van der Waals surface area contributed by atoms with Gasteiger partial charge >= 0.3 is 0 Å². The summed E-state index contributed by atoms with van der Waals surface area (Å²) in [5.41, 5.74) is 2.22. The van der Waals surface area contributed by atoms with Crippen molar-refractivity contribution < 1.29 is 4.39 Å². The van der Waals surface area contributed by atoms with Crippen LogP contribution in [0.3, 0.4) is 0 Å². The zero-order valence-electron chi connectivity index (χ0n) is 16.4. The highest BCUT2D eigenvalue weighted by Crippen LogP contribution is 2.29. The molecule has 0 aliphatic rings. The summed E-state index contributed by atoms with van der Waals surface area (Å²) < 4.78 is 18.4. The van der Waals surface area contributed by atoms with Crippen LogP contribution in [0, 0.1) is 10.6 Å². The van der Waals surface area contributed by atoms with E-state index in [0.717, 1.165) is 6.54 Å². The average Bonchev–Trinajstić information content (AvgIpc) is 3.05. The van der Waals surface area contributed by atoms with Crippen molar-refractivity contribution in [3.05, 3.63) is 100 Å². The molecule has 0 saturated heterocycles. The molecule has 0 aliphatic heterocycles. The molecule has 7 heteroatoms.